The Morgan fingerprint density at radius 1 is 1.00 bits per heavy atom. The molecule has 4 rings (SSSR count). The molecule has 30 heavy (non-hydrogen) atoms. The van der Waals surface area contributed by atoms with Crippen LogP contribution in [-0.4, -0.2) is 30.0 Å². The summed E-state index contributed by atoms with van der Waals surface area (Å²) in [5.41, 5.74) is 2.80. The highest BCUT2D eigenvalue weighted by atomic mass is 16.6. The molecule has 0 atom stereocenters. The fourth-order valence-electron chi connectivity index (χ4n) is 3.43. The van der Waals surface area contributed by atoms with E-state index in [0.29, 0.717) is 16.9 Å². The van der Waals surface area contributed by atoms with E-state index >= 15 is 0 Å². The number of hydrogen-bond acceptors (Lipinski definition) is 6. The van der Waals surface area contributed by atoms with Gasteiger partial charge in [-0.25, -0.2) is 9.59 Å². The number of nitrogens with one attached hydrogen (secondary N) is 1. The molecule has 0 saturated carbocycles. The first-order valence-electron chi connectivity index (χ1n) is 9.36. The summed E-state index contributed by atoms with van der Waals surface area (Å²) in [5, 5.41) is 1.57. The van der Waals surface area contributed by atoms with Crippen molar-refractivity contribution in [2.75, 3.05) is 13.2 Å². The van der Waals surface area contributed by atoms with Crippen LogP contribution < -0.4 is 10.4 Å². The maximum Gasteiger partial charge on any atom is 0.344 e. The molecule has 152 valence electrons. The molecule has 2 aromatic carbocycles. The fourth-order valence-corrected chi connectivity index (χ4v) is 3.43. The molecule has 0 aliphatic rings. The second kappa shape index (κ2) is 7.87. The van der Waals surface area contributed by atoms with Crippen LogP contribution in [0, 0.1) is 13.8 Å². The third kappa shape index (κ3) is 3.82. The van der Waals surface area contributed by atoms with Gasteiger partial charge >= 0.3 is 11.6 Å². The maximum absolute atomic E-state index is 12.5. The topological polar surface area (TPSA) is 98.6 Å². The van der Waals surface area contributed by atoms with Gasteiger partial charge in [-0.1, -0.05) is 18.2 Å². The first-order chi connectivity index (χ1) is 14.4. The molecule has 0 bridgehead atoms. The number of aryl methyl sites for hydroxylation is 2. The molecule has 0 radical (unpaired) electrons. The van der Waals surface area contributed by atoms with Crippen LogP contribution in [0.3, 0.4) is 0 Å². The Balaban J connectivity index is 1.38. The lowest BCUT2D eigenvalue weighted by atomic mass is 10.1. The lowest BCUT2D eigenvalue weighted by molar-refractivity contribution is -0.144. The average Bonchev–Trinajstić information content (AvgIpc) is 3.05. The van der Waals surface area contributed by atoms with E-state index in [9.17, 15) is 14.4 Å². The van der Waals surface area contributed by atoms with Gasteiger partial charge in [0.25, 0.3) is 0 Å². The van der Waals surface area contributed by atoms with E-state index in [1.54, 1.807) is 19.1 Å². The number of benzene rings is 2. The minimum Gasteiger partial charge on any atom is -0.482 e. The number of esters is 1. The van der Waals surface area contributed by atoms with Crippen molar-refractivity contribution in [3.8, 4) is 5.75 Å². The number of carbonyl (C=O) groups is 2. The lowest BCUT2D eigenvalue weighted by Gasteiger charge is -2.08. The summed E-state index contributed by atoms with van der Waals surface area (Å²) in [7, 11) is 0. The molecule has 2 aromatic heterocycles. The molecule has 0 aliphatic carbocycles. The molecule has 1 N–H and O–H groups in total. The van der Waals surface area contributed by atoms with Crippen LogP contribution in [0.2, 0.25) is 0 Å². The number of rotatable bonds is 6. The van der Waals surface area contributed by atoms with Gasteiger partial charge < -0.3 is 18.9 Å². The smallest absolute Gasteiger partial charge is 0.344 e. The Morgan fingerprint density at radius 2 is 1.80 bits per heavy atom. The number of carbonyl (C=O) groups excluding carboxylic acids is 2. The SMILES string of the molecule is Cc1[nH]c2ccccc2c1C(=O)COC(=O)COc1ccc2c(C)cc(=O)oc2c1. The zero-order valence-electron chi connectivity index (χ0n) is 16.5. The molecular formula is C23H19NO6. The third-order valence-electron chi connectivity index (χ3n) is 4.82. The van der Waals surface area contributed by atoms with Gasteiger partial charge in [-0.15, -0.1) is 0 Å². The summed E-state index contributed by atoms with van der Waals surface area (Å²) in [6, 6.07) is 13.8. The summed E-state index contributed by atoms with van der Waals surface area (Å²) < 4.78 is 15.7. The summed E-state index contributed by atoms with van der Waals surface area (Å²) in [4.78, 5) is 39.2. The normalized spacial score (nSPS) is 11.0. The van der Waals surface area contributed by atoms with Crippen LogP contribution in [0.25, 0.3) is 21.9 Å². The highest BCUT2D eigenvalue weighted by molar-refractivity contribution is 6.10. The van der Waals surface area contributed by atoms with Gasteiger partial charge in [0.05, 0.1) is 0 Å². The minimum atomic E-state index is -0.674. The standard InChI is InChI=1S/C23H19NO6/c1-13-9-21(26)30-20-10-15(7-8-16(13)20)28-12-22(27)29-11-19(25)23-14(2)24-18-6-4-3-5-17(18)23/h3-10,24H,11-12H2,1-2H3. The van der Waals surface area contributed by atoms with Crippen molar-refractivity contribution in [1.82, 2.24) is 4.98 Å². The number of Topliss-reactive ketones (excluding diaryl/α,β-unsaturated/α-hetero) is 1. The number of aromatic nitrogens is 1. The molecule has 0 unspecified atom stereocenters. The van der Waals surface area contributed by atoms with Crippen LogP contribution in [0.4, 0.5) is 0 Å². The summed E-state index contributed by atoms with van der Waals surface area (Å²) in [6.07, 6.45) is 0. The Morgan fingerprint density at radius 3 is 2.63 bits per heavy atom. The second-order valence-corrected chi connectivity index (χ2v) is 6.95. The van der Waals surface area contributed by atoms with Crippen LogP contribution in [0.5, 0.6) is 5.75 Å². The first-order valence-corrected chi connectivity index (χ1v) is 9.36. The molecule has 2 heterocycles. The third-order valence-corrected chi connectivity index (χ3v) is 4.82. The largest absolute Gasteiger partial charge is 0.482 e. The Kier molecular flexibility index (Phi) is 5.10. The van der Waals surface area contributed by atoms with Gasteiger partial charge in [0.1, 0.15) is 11.3 Å². The van der Waals surface area contributed by atoms with E-state index in [4.69, 9.17) is 13.9 Å². The van der Waals surface area contributed by atoms with E-state index in [0.717, 1.165) is 27.5 Å². The first kappa shape index (κ1) is 19.4. The van der Waals surface area contributed by atoms with Crippen LogP contribution >= 0.6 is 0 Å². The Labute approximate surface area is 171 Å². The molecule has 4 aromatic rings. The maximum atomic E-state index is 12.5. The number of hydrogen-bond donors (Lipinski definition) is 1. The molecular weight excluding hydrogens is 386 g/mol. The van der Waals surface area contributed by atoms with Crippen molar-refractivity contribution in [2.24, 2.45) is 0 Å². The van der Waals surface area contributed by atoms with Gasteiger partial charge in [-0.05, 0) is 37.6 Å². The van der Waals surface area contributed by atoms with Crippen LogP contribution in [0.1, 0.15) is 21.6 Å². The highest BCUT2D eigenvalue weighted by Gasteiger charge is 2.17. The minimum absolute atomic E-state index is 0.291. The van der Waals surface area contributed by atoms with Crippen LogP contribution in [-0.2, 0) is 9.53 Å². The molecule has 0 aliphatic heterocycles. The molecule has 0 fully saturated rings. The van der Waals surface area contributed by atoms with Gasteiger partial charge in [0.2, 0.25) is 5.78 Å². The van der Waals surface area contributed by atoms with Crippen molar-refractivity contribution in [3.05, 3.63) is 75.8 Å². The van der Waals surface area contributed by atoms with E-state index in [2.05, 4.69) is 4.98 Å². The molecule has 7 nitrogen and oxygen atoms in total. The van der Waals surface area contributed by atoms with Crippen molar-refractivity contribution >= 4 is 33.6 Å². The summed E-state index contributed by atoms with van der Waals surface area (Å²) in [6.45, 7) is 2.86. The zero-order valence-corrected chi connectivity index (χ0v) is 16.5. The second-order valence-electron chi connectivity index (χ2n) is 6.95. The lowest BCUT2D eigenvalue weighted by Crippen LogP contribution is -2.19. The molecule has 7 heteroatoms. The highest BCUT2D eigenvalue weighted by Crippen LogP contribution is 2.23. The van der Waals surface area contributed by atoms with Crippen molar-refractivity contribution in [1.29, 1.82) is 0 Å². The average molecular weight is 405 g/mol. The molecule has 0 saturated heterocycles. The van der Waals surface area contributed by atoms with Gasteiger partial charge in [0.15, 0.2) is 13.2 Å². The van der Waals surface area contributed by atoms with E-state index in [1.165, 1.54) is 12.1 Å². The van der Waals surface area contributed by atoms with Gasteiger partial charge in [-0.3, -0.25) is 4.79 Å². The number of aromatic amines is 1. The van der Waals surface area contributed by atoms with E-state index in [-0.39, 0.29) is 19.0 Å². The number of para-hydroxylation sites is 1. The Hall–Kier alpha value is -3.87. The van der Waals surface area contributed by atoms with Crippen molar-refractivity contribution in [2.45, 2.75) is 13.8 Å². The molecule has 0 amide bonds. The van der Waals surface area contributed by atoms with Gasteiger partial charge in [-0.2, -0.15) is 0 Å². The predicted molar refractivity (Wildman–Crippen MR) is 111 cm³/mol. The quantitative estimate of drug-likeness (QED) is 0.298. The number of ketones is 1. The number of fused-ring (bicyclic) bond motifs is 2. The fraction of sp³-hybridized carbons (Fsp3) is 0.174. The summed E-state index contributed by atoms with van der Waals surface area (Å²) >= 11 is 0. The summed E-state index contributed by atoms with van der Waals surface area (Å²) in [5.74, 6) is -0.611. The Bertz CT molecular complexity index is 1330. The number of ether oxygens (including phenoxy) is 2. The van der Waals surface area contributed by atoms with E-state index < -0.39 is 11.6 Å². The van der Waals surface area contributed by atoms with Crippen molar-refractivity contribution in [3.63, 3.8) is 0 Å². The molecule has 0 spiro atoms. The van der Waals surface area contributed by atoms with E-state index in [1.807, 2.05) is 31.2 Å². The predicted octanol–water partition coefficient (Wildman–Crippen LogP) is 3.70. The zero-order chi connectivity index (χ0) is 21.3. The number of H-pyrrole nitrogens is 1. The van der Waals surface area contributed by atoms with Crippen molar-refractivity contribution < 1.29 is 23.5 Å². The van der Waals surface area contributed by atoms with Gasteiger partial charge in [0, 0.05) is 39.7 Å². The monoisotopic (exact) mass is 405 g/mol. The van der Waals surface area contributed by atoms with Crippen LogP contribution in [0.15, 0.2) is 57.7 Å².